The molecule has 1 fully saturated rings. The van der Waals surface area contributed by atoms with E-state index in [0.717, 1.165) is 24.5 Å². The molecule has 2 aromatic rings. The first kappa shape index (κ1) is 18.1. The molecule has 1 amide bonds. The Kier molecular flexibility index (Phi) is 6.79. The second-order valence-electron chi connectivity index (χ2n) is 6.55. The number of amides is 1. The molecule has 5 heteroatoms. The van der Waals surface area contributed by atoms with E-state index in [1.54, 1.807) is 0 Å². The molecule has 1 heterocycles. The molecule has 0 bridgehead atoms. The molecular formula is C21H26N4O. The number of likely N-dealkylation sites (tertiary alicyclic amines) is 1. The molecule has 2 N–H and O–H groups in total. The number of rotatable bonds is 6. The summed E-state index contributed by atoms with van der Waals surface area (Å²) in [6.45, 7) is 2.59. The summed E-state index contributed by atoms with van der Waals surface area (Å²) < 4.78 is 0. The summed E-state index contributed by atoms with van der Waals surface area (Å²) in [4.78, 5) is 15.1. The average Bonchev–Trinajstić information content (AvgIpc) is 2.95. The van der Waals surface area contributed by atoms with Crippen LogP contribution in [-0.2, 0) is 4.79 Å². The zero-order chi connectivity index (χ0) is 18.0. The molecular weight excluding hydrogens is 324 g/mol. The van der Waals surface area contributed by atoms with E-state index in [0.29, 0.717) is 12.3 Å². The lowest BCUT2D eigenvalue weighted by Gasteiger charge is -2.20. The van der Waals surface area contributed by atoms with Crippen LogP contribution in [0, 0.1) is 0 Å². The zero-order valence-electron chi connectivity index (χ0n) is 15.0. The molecule has 0 spiro atoms. The minimum absolute atomic E-state index is 0.163. The van der Waals surface area contributed by atoms with Gasteiger partial charge in [0.25, 0.3) is 5.91 Å². The molecule has 1 aliphatic heterocycles. The topological polar surface area (TPSA) is 56.7 Å². The third-order valence-electron chi connectivity index (χ3n) is 4.46. The highest BCUT2D eigenvalue weighted by molar-refractivity contribution is 6.43. The van der Waals surface area contributed by atoms with Crippen molar-refractivity contribution >= 4 is 23.0 Å². The van der Waals surface area contributed by atoms with Gasteiger partial charge in [0.2, 0.25) is 0 Å². The molecule has 26 heavy (non-hydrogen) atoms. The van der Waals surface area contributed by atoms with E-state index in [1.807, 2.05) is 60.7 Å². The highest BCUT2D eigenvalue weighted by Crippen LogP contribution is 2.11. The van der Waals surface area contributed by atoms with Gasteiger partial charge in [-0.1, -0.05) is 49.2 Å². The van der Waals surface area contributed by atoms with Crippen LogP contribution in [0.5, 0.6) is 0 Å². The van der Waals surface area contributed by atoms with Crippen molar-refractivity contribution in [1.82, 2.24) is 4.90 Å². The van der Waals surface area contributed by atoms with Gasteiger partial charge in [-0.25, -0.2) is 0 Å². The largest absolute Gasteiger partial charge is 0.321 e. The Hall–Kier alpha value is -2.66. The third-order valence-corrected chi connectivity index (χ3v) is 4.46. The number of para-hydroxylation sites is 2. The quantitative estimate of drug-likeness (QED) is 0.612. The van der Waals surface area contributed by atoms with Crippen LogP contribution in [0.2, 0.25) is 0 Å². The van der Waals surface area contributed by atoms with Gasteiger partial charge in [-0.05, 0) is 50.2 Å². The second-order valence-corrected chi connectivity index (χ2v) is 6.55. The first-order valence-electron chi connectivity index (χ1n) is 9.27. The Morgan fingerprint density at radius 3 is 2.04 bits per heavy atom. The monoisotopic (exact) mass is 350 g/mol. The van der Waals surface area contributed by atoms with Crippen molar-refractivity contribution in [3.63, 3.8) is 0 Å². The van der Waals surface area contributed by atoms with Crippen LogP contribution in [0.1, 0.15) is 25.7 Å². The summed E-state index contributed by atoms with van der Waals surface area (Å²) in [6.07, 6.45) is 4.89. The number of carbonyl (C=O) groups excluding carboxylic acids is 1. The van der Waals surface area contributed by atoms with Gasteiger partial charge >= 0.3 is 0 Å². The van der Waals surface area contributed by atoms with Crippen molar-refractivity contribution in [2.75, 3.05) is 30.4 Å². The van der Waals surface area contributed by atoms with E-state index in [-0.39, 0.29) is 5.91 Å². The van der Waals surface area contributed by atoms with Crippen LogP contribution < -0.4 is 10.7 Å². The molecule has 0 aromatic heterocycles. The summed E-state index contributed by atoms with van der Waals surface area (Å²) >= 11 is 0. The van der Waals surface area contributed by atoms with Crippen LogP contribution >= 0.6 is 0 Å². The maximum atomic E-state index is 12.8. The number of anilines is 2. The Morgan fingerprint density at radius 1 is 0.846 bits per heavy atom. The number of hydrazone groups is 1. The van der Waals surface area contributed by atoms with Crippen LogP contribution in [0.4, 0.5) is 11.4 Å². The molecule has 0 unspecified atom stereocenters. The Morgan fingerprint density at radius 2 is 1.42 bits per heavy atom. The van der Waals surface area contributed by atoms with E-state index in [1.165, 1.54) is 25.7 Å². The number of nitrogens with one attached hydrogen (secondary N) is 2. The van der Waals surface area contributed by atoms with Crippen molar-refractivity contribution in [1.29, 1.82) is 0 Å². The van der Waals surface area contributed by atoms with Crippen LogP contribution in [0.15, 0.2) is 65.8 Å². The van der Waals surface area contributed by atoms with Crippen molar-refractivity contribution in [3.8, 4) is 0 Å². The van der Waals surface area contributed by atoms with Gasteiger partial charge < -0.3 is 5.32 Å². The van der Waals surface area contributed by atoms with Gasteiger partial charge in [-0.15, -0.1) is 0 Å². The van der Waals surface area contributed by atoms with Gasteiger partial charge in [0, 0.05) is 12.2 Å². The van der Waals surface area contributed by atoms with E-state index in [4.69, 9.17) is 0 Å². The summed E-state index contributed by atoms with van der Waals surface area (Å²) in [7, 11) is 0. The van der Waals surface area contributed by atoms with E-state index in [9.17, 15) is 4.79 Å². The molecule has 3 rings (SSSR count). The average molecular weight is 350 g/mol. The molecule has 1 saturated heterocycles. The zero-order valence-corrected chi connectivity index (χ0v) is 15.0. The van der Waals surface area contributed by atoms with Crippen LogP contribution in [0.25, 0.3) is 0 Å². The fourth-order valence-electron chi connectivity index (χ4n) is 3.03. The molecule has 5 nitrogen and oxygen atoms in total. The maximum Gasteiger partial charge on any atom is 0.273 e. The summed E-state index contributed by atoms with van der Waals surface area (Å²) in [5.41, 5.74) is 5.16. The maximum absolute atomic E-state index is 12.8. The van der Waals surface area contributed by atoms with Crippen LogP contribution in [-0.4, -0.2) is 36.2 Å². The number of carbonyl (C=O) groups is 1. The standard InChI is InChI=1S/C21H26N4O/c26-21(22-18-11-5-3-6-12-18)20(17-25-15-9-1-2-10-16-25)24-23-19-13-7-4-8-14-19/h3-8,11-14,23H,1-2,9-10,15-17H2,(H,22,26)/b24-20+. The minimum atomic E-state index is -0.163. The Bertz CT molecular complexity index is 707. The Balaban J connectivity index is 1.72. The lowest BCUT2D eigenvalue weighted by atomic mass is 10.2. The fraction of sp³-hybridized carbons (Fsp3) is 0.333. The molecule has 2 aromatic carbocycles. The third kappa shape index (κ3) is 5.70. The second kappa shape index (κ2) is 9.73. The predicted octanol–water partition coefficient (Wildman–Crippen LogP) is 3.97. The summed E-state index contributed by atoms with van der Waals surface area (Å²) in [5.74, 6) is -0.163. The van der Waals surface area contributed by atoms with Gasteiger partial charge in [0.1, 0.15) is 5.71 Å². The first-order valence-corrected chi connectivity index (χ1v) is 9.27. The van der Waals surface area contributed by atoms with E-state index >= 15 is 0 Å². The number of benzene rings is 2. The van der Waals surface area contributed by atoms with Crippen molar-refractivity contribution in [3.05, 3.63) is 60.7 Å². The Labute approximate surface area is 155 Å². The highest BCUT2D eigenvalue weighted by Gasteiger charge is 2.18. The van der Waals surface area contributed by atoms with Gasteiger partial charge in [-0.2, -0.15) is 5.10 Å². The number of hydrogen-bond donors (Lipinski definition) is 2. The molecule has 0 atom stereocenters. The molecule has 136 valence electrons. The first-order chi connectivity index (χ1) is 12.8. The highest BCUT2D eigenvalue weighted by atomic mass is 16.2. The summed E-state index contributed by atoms with van der Waals surface area (Å²) in [5, 5.41) is 7.37. The smallest absolute Gasteiger partial charge is 0.273 e. The van der Waals surface area contributed by atoms with E-state index < -0.39 is 0 Å². The molecule has 0 aliphatic carbocycles. The van der Waals surface area contributed by atoms with Crippen molar-refractivity contribution in [2.45, 2.75) is 25.7 Å². The minimum Gasteiger partial charge on any atom is -0.321 e. The van der Waals surface area contributed by atoms with Crippen molar-refractivity contribution < 1.29 is 4.79 Å². The number of nitrogens with zero attached hydrogens (tertiary/aromatic N) is 2. The van der Waals surface area contributed by atoms with Crippen molar-refractivity contribution in [2.24, 2.45) is 5.10 Å². The lowest BCUT2D eigenvalue weighted by molar-refractivity contribution is -0.110. The van der Waals surface area contributed by atoms with Gasteiger partial charge in [0.05, 0.1) is 5.69 Å². The molecule has 0 saturated carbocycles. The van der Waals surface area contributed by atoms with E-state index in [2.05, 4.69) is 20.7 Å². The number of hydrogen-bond acceptors (Lipinski definition) is 4. The molecule has 0 radical (unpaired) electrons. The van der Waals surface area contributed by atoms with Crippen LogP contribution in [0.3, 0.4) is 0 Å². The summed E-state index contributed by atoms with van der Waals surface area (Å²) in [6, 6.07) is 19.2. The van der Waals surface area contributed by atoms with Gasteiger partial charge in [0.15, 0.2) is 0 Å². The van der Waals surface area contributed by atoms with Gasteiger partial charge in [-0.3, -0.25) is 15.1 Å². The predicted molar refractivity (Wildman–Crippen MR) is 107 cm³/mol. The lowest BCUT2D eigenvalue weighted by Crippen LogP contribution is -2.37. The normalized spacial score (nSPS) is 15.9. The molecule has 1 aliphatic rings. The SMILES string of the molecule is O=C(Nc1ccccc1)/C(CN1CCCCCC1)=N/Nc1ccccc1. The fourth-order valence-corrected chi connectivity index (χ4v) is 3.03.